The summed E-state index contributed by atoms with van der Waals surface area (Å²) in [5.41, 5.74) is 0.418. The van der Waals surface area contributed by atoms with E-state index in [4.69, 9.17) is 11.6 Å². The van der Waals surface area contributed by atoms with Crippen molar-refractivity contribution in [3.8, 4) is 0 Å². The minimum atomic E-state index is -0.432. The summed E-state index contributed by atoms with van der Waals surface area (Å²) in [7, 11) is 0. The van der Waals surface area contributed by atoms with Crippen LogP contribution in [0.4, 0.5) is 0 Å². The van der Waals surface area contributed by atoms with Gasteiger partial charge in [0.05, 0.1) is 10.7 Å². The summed E-state index contributed by atoms with van der Waals surface area (Å²) in [5.74, 6) is -0.432. The molecule has 0 aromatic heterocycles. The van der Waals surface area contributed by atoms with Crippen LogP contribution in [0.2, 0.25) is 5.02 Å². The Kier molecular flexibility index (Phi) is 3.75. The second kappa shape index (κ2) is 4.63. The van der Waals surface area contributed by atoms with Crippen LogP contribution < -0.4 is 0 Å². The summed E-state index contributed by atoms with van der Waals surface area (Å²) in [6.07, 6.45) is 0. The van der Waals surface area contributed by atoms with Gasteiger partial charge in [0.25, 0.3) is 5.91 Å². The predicted octanol–water partition coefficient (Wildman–Crippen LogP) is 3.35. The SMILES string of the molecule is O=C(N=C=S)c1ccc(Cl)cc1Br. The van der Waals surface area contributed by atoms with Crippen molar-refractivity contribution in [1.29, 1.82) is 0 Å². The van der Waals surface area contributed by atoms with Crippen LogP contribution in [0, 0.1) is 0 Å². The topological polar surface area (TPSA) is 29.4 Å². The summed E-state index contributed by atoms with van der Waals surface area (Å²) >= 11 is 13.2. The van der Waals surface area contributed by atoms with Crippen molar-refractivity contribution >= 4 is 50.8 Å². The molecule has 0 N–H and O–H groups in total. The summed E-state index contributed by atoms with van der Waals surface area (Å²) < 4.78 is 0.596. The molecule has 0 aliphatic heterocycles. The second-order valence-corrected chi connectivity index (χ2v) is 3.61. The van der Waals surface area contributed by atoms with Crippen molar-refractivity contribution in [3.63, 3.8) is 0 Å². The highest BCUT2D eigenvalue weighted by Crippen LogP contribution is 2.21. The highest BCUT2D eigenvalue weighted by molar-refractivity contribution is 9.10. The maximum absolute atomic E-state index is 11.2. The molecular formula is C8H3BrClNOS. The highest BCUT2D eigenvalue weighted by atomic mass is 79.9. The molecule has 0 spiro atoms. The Morgan fingerprint density at radius 1 is 1.62 bits per heavy atom. The van der Waals surface area contributed by atoms with E-state index in [9.17, 15) is 4.79 Å². The van der Waals surface area contributed by atoms with Gasteiger partial charge in [-0.1, -0.05) is 11.6 Å². The van der Waals surface area contributed by atoms with E-state index in [-0.39, 0.29) is 0 Å². The van der Waals surface area contributed by atoms with Crippen LogP contribution in [-0.2, 0) is 0 Å². The van der Waals surface area contributed by atoms with E-state index < -0.39 is 5.91 Å². The number of isothiocyanates is 1. The molecule has 0 heterocycles. The Morgan fingerprint density at radius 2 is 2.31 bits per heavy atom. The zero-order valence-corrected chi connectivity index (χ0v) is 9.41. The number of carbonyl (C=O) groups excluding carboxylic acids is 1. The average molecular weight is 277 g/mol. The predicted molar refractivity (Wildman–Crippen MR) is 58.5 cm³/mol. The monoisotopic (exact) mass is 275 g/mol. The molecule has 0 saturated heterocycles. The Morgan fingerprint density at radius 3 is 2.85 bits per heavy atom. The van der Waals surface area contributed by atoms with E-state index in [1.807, 2.05) is 5.16 Å². The fourth-order valence-electron chi connectivity index (χ4n) is 0.765. The third kappa shape index (κ3) is 2.71. The van der Waals surface area contributed by atoms with Crippen LogP contribution in [0.5, 0.6) is 0 Å². The minimum Gasteiger partial charge on any atom is -0.266 e. The van der Waals surface area contributed by atoms with Gasteiger partial charge in [0.15, 0.2) is 0 Å². The number of amides is 1. The normalized spacial score (nSPS) is 9.08. The Bertz CT molecular complexity index is 401. The third-order valence-electron chi connectivity index (χ3n) is 1.31. The Hall–Kier alpha value is -0.540. The lowest BCUT2D eigenvalue weighted by molar-refractivity contribution is 0.100. The van der Waals surface area contributed by atoms with E-state index in [0.717, 1.165) is 0 Å². The van der Waals surface area contributed by atoms with Crippen molar-refractivity contribution in [2.45, 2.75) is 0 Å². The number of carbonyl (C=O) groups is 1. The molecule has 0 saturated carbocycles. The molecular weight excluding hydrogens is 274 g/mol. The summed E-state index contributed by atoms with van der Waals surface area (Å²) in [6, 6.07) is 4.80. The number of rotatable bonds is 1. The Balaban J connectivity index is 3.16. The molecule has 1 amide bonds. The van der Waals surface area contributed by atoms with Crippen molar-refractivity contribution < 1.29 is 4.79 Å². The molecule has 1 aromatic carbocycles. The van der Waals surface area contributed by atoms with Crippen LogP contribution in [0.15, 0.2) is 27.7 Å². The van der Waals surface area contributed by atoms with Crippen LogP contribution in [-0.4, -0.2) is 11.1 Å². The number of aliphatic imine (C=N–C) groups is 1. The number of thiocarbonyl (C=S) groups is 1. The fourth-order valence-corrected chi connectivity index (χ4v) is 1.70. The molecule has 1 aromatic rings. The fraction of sp³-hybridized carbons (Fsp3) is 0. The highest BCUT2D eigenvalue weighted by Gasteiger charge is 2.08. The zero-order valence-electron chi connectivity index (χ0n) is 6.25. The lowest BCUT2D eigenvalue weighted by atomic mass is 10.2. The average Bonchev–Trinajstić information content (AvgIpc) is 2.04. The number of nitrogens with zero attached hydrogens (tertiary/aromatic N) is 1. The number of benzene rings is 1. The third-order valence-corrected chi connectivity index (χ3v) is 2.29. The molecule has 0 atom stereocenters. The van der Waals surface area contributed by atoms with Gasteiger partial charge in [-0.15, -0.1) is 0 Å². The van der Waals surface area contributed by atoms with Gasteiger partial charge in [0, 0.05) is 9.50 Å². The lowest BCUT2D eigenvalue weighted by Gasteiger charge is -1.98. The van der Waals surface area contributed by atoms with Gasteiger partial charge in [-0.3, -0.25) is 4.79 Å². The molecule has 0 fully saturated rings. The van der Waals surface area contributed by atoms with Crippen molar-refractivity contribution in [2.75, 3.05) is 0 Å². The van der Waals surface area contributed by atoms with E-state index in [1.165, 1.54) is 0 Å². The molecule has 13 heavy (non-hydrogen) atoms. The molecule has 2 nitrogen and oxygen atoms in total. The minimum absolute atomic E-state index is 0.418. The van der Waals surface area contributed by atoms with Gasteiger partial charge in [0.1, 0.15) is 0 Å². The lowest BCUT2D eigenvalue weighted by Crippen LogP contribution is -1.94. The van der Waals surface area contributed by atoms with Crippen LogP contribution in [0.25, 0.3) is 0 Å². The molecule has 5 heteroatoms. The molecule has 0 radical (unpaired) electrons. The Labute approximate surface area is 93.7 Å². The summed E-state index contributed by atoms with van der Waals surface area (Å²) in [4.78, 5) is 14.5. The number of halogens is 2. The molecule has 0 aliphatic carbocycles. The summed E-state index contributed by atoms with van der Waals surface area (Å²) in [6.45, 7) is 0. The maximum atomic E-state index is 11.2. The van der Waals surface area contributed by atoms with Gasteiger partial charge in [0.2, 0.25) is 0 Å². The largest absolute Gasteiger partial charge is 0.286 e. The first-order chi connectivity index (χ1) is 6.15. The van der Waals surface area contributed by atoms with Gasteiger partial charge < -0.3 is 0 Å². The van der Waals surface area contributed by atoms with Crippen LogP contribution in [0.3, 0.4) is 0 Å². The first-order valence-electron chi connectivity index (χ1n) is 3.22. The zero-order chi connectivity index (χ0) is 9.84. The van der Waals surface area contributed by atoms with E-state index >= 15 is 0 Å². The van der Waals surface area contributed by atoms with Crippen molar-refractivity contribution in [1.82, 2.24) is 0 Å². The van der Waals surface area contributed by atoms with E-state index in [0.29, 0.717) is 15.1 Å². The first kappa shape index (κ1) is 10.5. The number of hydrogen-bond donors (Lipinski definition) is 0. The molecule has 1 rings (SSSR count). The second-order valence-electron chi connectivity index (χ2n) is 2.13. The molecule has 0 bridgehead atoms. The smallest absolute Gasteiger partial charge is 0.266 e. The number of hydrogen-bond acceptors (Lipinski definition) is 2. The van der Waals surface area contributed by atoms with E-state index in [2.05, 4.69) is 33.1 Å². The van der Waals surface area contributed by atoms with Gasteiger partial charge in [-0.05, 0) is 46.3 Å². The van der Waals surface area contributed by atoms with Crippen molar-refractivity contribution in [3.05, 3.63) is 33.3 Å². The van der Waals surface area contributed by atoms with Gasteiger partial charge >= 0.3 is 0 Å². The maximum Gasteiger partial charge on any atom is 0.286 e. The quantitative estimate of drug-likeness (QED) is 0.581. The molecule has 66 valence electrons. The van der Waals surface area contributed by atoms with E-state index in [1.54, 1.807) is 18.2 Å². The molecule has 0 aliphatic rings. The van der Waals surface area contributed by atoms with Crippen molar-refractivity contribution in [2.24, 2.45) is 4.99 Å². The van der Waals surface area contributed by atoms with Gasteiger partial charge in [-0.2, -0.15) is 4.99 Å². The van der Waals surface area contributed by atoms with Crippen LogP contribution >= 0.6 is 39.7 Å². The van der Waals surface area contributed by atoms with Crippen LogP contribution in [0.1, 0.15) is 10.4 Å². The summed E-state index contributed by atoms with van der Waals surface area (Å²) in [5, 5.41) is 2.56. The standard InChI is InChI=1S/C8H3BrClNOS/c9-7-3-5(10)1-2-6(7)8(12)11-4-13/h1-3H. The molecule has 0 unspecified atom stereocenters. The van der Waals surface area contributed by atoms with Gasteiger partial charge in [-0.25, -0.2) is 0 Å². The first-order valence-corrected chi connectivity index (χ1v) is 4.80.